The Labute approximate surface area is 174 Å². The number of allylic oxidation sites excluding steroid dienone is 1. The van der Waals surface area contributed by atoms with E-state index in [0.29, 0.717) is 16.9 Å². The molecule has 0 aliphatic carbocycles. The lowest BCUT2D eigenvalue weighted by atomic mass is 9.95. The third-order valence-corrected chi connectivity index (χ3v) is 4.56. The Hall–Kier alpha value is -2.86. The van der Waals surface area contributed by atoms with Crippen LogP contribution in [0.2, 0.25) is 5.02 Å². The van der Waals surface area contributed by atoms with Crippen LogP contribution in [0.4, 0.5) is 4.39 Å². The van der Waals surface area contributed by atoms with Gasteiger partial charge in [-0.3, -0.25) is 9.59 Å². The molecule has 0 heterocycles. The van der Waals surface area contributed by atoms with Gasteiger partial charge in [-0.2, -0.15) is 0 Å². The summed E-state index contributed by atoms with van der Waals surface area (Å²) in [5.74, 6) is -0.703. The molecule has 7 heteroatoms. The summed E-state index contributed by atoms with van der Waals surface area (Å²) in [6, 6.07) is 7.84. The molecule has 0 aliphatic rings. The molecule has 154 valence electrons. The molecule has 0 saturated carbocycles. The minimum atomic E-state index is -0.531. The number of ether oxygens (including phenoxy) is 2. The molecular formula is C22H23ClFNO4. The molecule has 0 atom stereocenters. The average molecular weight is 420 g/mol. The summed E-state index contributed by atoms with van der Waals surface area (Å²) in [6.45, 7) is 1.32. The van der Waals surface area contributed by atoms with E-state index in [1.54, 1.807) is 43.3 Å². The van der Waals surface area contributed by atoms with Gasteiger partial charge in [-0.25, -0.2) is 4.39 Å². The van der Waals surface area contributed by atoms with Crippen molar-refractivity contribution in [2.45, 2.75) is 13.3 Å². The summed E-state index contributed by atoms with van der Waals surface area (Å²) in [7, 11) is 6.33. The molecule has 5 nitrogen and oxygen atoms in total. The Morgan fingerprint density at radius 2 is 1.76 bits per heavy atom. The van der Waals surface area contributed by atoms with Crippen molar-refractivity contribution >= 4 is 23.2 Å². The van der Waals surface area contributed by atoms with Crippen LogP contribution in [-0.4, -0.2) is 44.8 Å². The van der Waals surface area contributed by atoms with Crippen molar-refractivity contribution in [2.75, 3.05) is 28.3 Å². The quantitative estimate of drug-likeness (QED) is 0.276. The van der Waals surface area contributed by atoms with E-state index in [4.69, 9.17) is 21.1 Å². The second kappa shape index (κ2) is 9.56. The summed E-state index contributed by atoms with van der Waals surface area (Å²) in [6.07, 6.45) is 1.61. The zero-order chi connectivity index (χ0) is 21.7. The Morgan fingerprint density at radius 1 is 1.10 bits per heavy atom. The highest BCUT2D eigenvalue weighted by molar-refractivity contribution is 6.30. The first kappa shape index (κ1) is 22.4. The van der Waals surface area contributed by atoms with Crippen LogP contribution in [0.3, 0.4) is 0 Å². The smallest absolute Gasteiger partial charge is 0.201 e. The van der Waals surface area contributed by atoms with Crippen molar-refractivity contribution in [3.63, 3.8) is 0 Å². The standard InChI is InChI=1S/C22H23ClFNO4/c1-13(26)17(12-25(2)3)22(27)16-10-15(19(28-4)11-20(16)29-5)9-14-7-6-8-18(23)21(14)24/h6-8,10-12H,9H2,1-5H3. The van der Waals surface area contributed by atoms with Crippen molar-refractivity contribution < 1.29 is 23.5 Å². The number of nitrogens with zero attached hydrogens (tertiary/aromatic N) is 1. The van der Waals surface area contributed by atoms with Crippen LogP contribution in [0.25, 0.3) is 0 Å². The molecule has 2 aromatic rings. The Bertz CT molecular complexity index is 970. The third-order valence-electron chi connectivity index (χ3n) is 4.27. The molecule has 0 unspecified atom stereocenters. The largest absolute Gasteiger partial charge is 0.496 e. The van der Waals surface area contributed by atoms with E-state index in [-0.39, 0.29) is 34.1 Å². The van der Waals surface area contributed by atoms with Crippen LogP contribution in [0.1, 0.15) is 28.4 Å². The number of methoxy groups -OCH3 is 2. The number of rotatable bonds is 8. The fourth-order valence-electron chi connectivity index (χ4n) is 2.88. The average Bonchev–Trinajstić information content (AvgIpc) is 2.68. The monoisotopic (exact) mass is 419 g/mol. The van der Waals surface area contributed by atoms with Crippen molar-refractivity contribution in [1.29, 1.82) is 0 Å². The van der Waals surface area contributed by atoms with Crippen LogP contribution in [0.5, 0.6) is 11.5 Å². The van der Waals surface area contributed by atoms with Gasteiger partial charge >= 0.3 is 0 Å². The number of halogens is 2. The van der Waals surface area contributed by atoms with Gasteiger partial charge in [0.1, 0.15) is 17.3 Å². The van der Waals surface area contributed by atoms with E-state index in [1.807, 2.05) is 0 Å². The van der Waals surface area contributed by atoms with Crippen LogP contribution in [-0.2, 0) is 11.2 Å². The second-order valence-corrected chi connectivity index (χ2v) is 7.05. The summed E-state index contributed by atoms with van der Waals surface area (Å²) in [4.78, 5) is 26.7. The highest BCUT2D eigenvalue weighted by Crippen LogP contribution is 2.33. The summed E-state index contributed by atoms with van der Waals surface area (Å²) < 4.78 is 25.1. The maximum atomic E-state index is 14.4. The molecular weight excluding hydrogens is 397 g/mol. The molecule has 0 aromatic heterocycles. The van der Waals surface area contributed by atoms with Gasteiger partial charge in [-0.1, -0.05) is 23.7 Å². The minimum absolute atomic E-state index is 0.0124. The molecule has 0 amide bonds. The fraction of sp³-hybridized carbons (Fsp3) is 0.273. The van der Waals surface area contributed by atoms with Crippen molar-refractivity contribution in [2.24, 2.45) is 0 Å². The van der Waals surface area contributed by atoms with Gasteiger partial charge in [-0.05, 0) is 30.2 Å². The zero-order valence-corrected chi connectivity index (χ0v) is 17.8. The molecule has 0 saturated heterocycles. The summed E-state index contributed by atoms with van der Waals surface area (Å²) in [5.41, 5.74) is 1.12. The number of carbonyl (C=O) groups is 2. The molecule has 29 heavy (non-hydrogen) atoms. The van der Waals surface area contributed by atoms with Gasteiger partial charge in [0.15, 0.2) is 5.78 Å². The lowest BCUT2D eigenvalue weighted by Crippen LogP contribution is -2.16. The molecule has 0 radical (unpaired) electrons. The topological polar surface area (TPSA) is 55.8 Å². The van der Waals surface area contributed by atoms with E-state index in [9.17, 15) is 14.0 Å². The van der Waals surface area contributed by atoms with E-state index in [1.165, 1.54) is 33.4 Å². The minimum Gasteiger partial charge on any atom is -0.496 e. The Balaban J connectivity index is 2.61. The third kappa shape index (κ3) is 5.15. The van der Waals surface area contributed by atoms with Crippen molar-refractivity contribution in [1.82, 2.24) is 4.90 Å². The number of Topliss-reactive ketones (excluding diaryl/α,β-unsaturated/α-hetero) is 2. The number of ketones is 2. The first-order chi connectivity index (χ1) is 13.7. The van der Waals surface area contributed by atoms with Crippen LogP contribution in [0, 0.1) is 5.82 Å². The summed E-state index contributed by atoms with van der Waals surface area (Å²) in [5, 5.41) is 0.0130. The lowest BCUT2D eigenvalue weighted by molar-refractivity contribution is -0.113. The number of hydrogen-bond acceptors (Lipinski definition) is 5. The first-order valence-corrected chi connectivity index (χ1v) is 9.19. The molecule has 0 N–H and O–H groups in total. The number of carbonyl (C=O) groups excluding carboxylic acids is 2. The number of benzene rings is 2. The zero-order valence-electron chi connectivity index (χ0n) is 17.0. The first-order valence-electron chi connectivity index (χ1n) is 8.81. The van der Waals surface area contributed by atoms with E-state index < -0.39 is 11.6 Å². The van der Waals surface area contributed by atoms with Gasteiger partial charge in [0.05, 0.1) is 30.4 Å². The van der Waals surface area contributed by atoms with Gasteiger partial charge in [0.25, 0.3) is 0 Å². The second-order valence-electron chi connectivity index (χ2n) is 6.65. The predicted octanol–water partition coefficient (Wildman–Crippen LogP) is 4.30. The Morgan fingerprint density at radius 3 is 2.31 bits per heavy atom. The van der Waals surface area contributed by atoms with Crippen LogP contribution < -0.4 is 9.47 Å². The molecule has 0 aliphatic heterocycles. The lowest BCUT2D eigenvalue weighted by Gasteiger charge is -2.16. The van der Waals surface area contributed by atoms with Gasteiger partial charge < -0.3 is 14.4 Å². The molecule has 0 bridgehead atoms. The van der Waals surface area contributed by atoms with Crippen LogP contribution in [0.15, 0.2) is 42.1 Å². The SMILES string of the molecule is COc1cc(OC)c(C(=O)C(=CN(C)C)C(C)=O)cc1Cc1cccc(Cl)c1F. The highest BCUT2D eigenvalue weighted by Gasteiger charge is 2.23. The van der Waals surface area contributed by atoms with Crippen molar-refractivity contribution in [3.05, 3.63) is 69.6 Å². The maximum Gasteiger partial charge on any atom is 0.201 e. The van der Waals surface area contributed by atoms with E-state index >= 15 is 0 Å². The highest BCUT2D eigenvalue weighted by atomic mass is 35.5. The van der Waals surface area contributed by atoms with Crippen molar-refractivity contribution in [3.8, 4) is 11.5 Å². The van der Waals surface area contributed by atoms with E-state index in [0.717, 1.165) is 0 Å². The maximum absolute atomic E-state index is 14.4. The Kier molecular flexibility index (Phi) is 7.40. The van der Waals surface area contributed by atoms with Gasteiger partial charge in [0.2, 0.25) is 5.78 Å². The fourth-order valence-corrected chi connectivity index (χ4v) is 3.08. The van der Waals surface area contributed by atoms with E-state index in [2.05, 4.69) is 0 Å². The normalized spacial score (nSPS) is 11.2. The molecule has 0 fully saturated rings. The predicted molar refractivity (Wildman–Crippen MR) is 111 cm³/mol. The molecule has 2 rings (SSSR count). The van der Waals surface area contributed by atoms with Crippen LogP contribution >= 0.6 is 11.6 Å². The summed E-state index contributed by atoms with van der Waals surface area (Å²) >= 11 is 5.88. The molecule has 2 aromatic carbocycles. The van der Waals surface area contributed by atoms with Gasteiger partial charge in [-0.15, -0.1) is 0 Å². The molecule has 0 spiro atoms. The van der Waals surface area contributed by atoms with Gasteiger partial charge in [0, 0.05) is 32.8 Å². The number of hydrogen-bond donors (Lipinski definition) is 0.